The summed E-state index contributed by atoms with van der Waals surface area (Å²) in [5, 5.41) is 8.58. The van der Waals surface area contributed by atoms with Crippen molar-refractivity contribution in [2.75, 3.05) is 7.11 Å². The van der Waals surface area contributed by atoms with Crippen LogP contribution >= 0.6 is 0 Å². The maximum Gasteiger partial charge on any atom is 0.312 e. The summed E-state index contributed by atoms with van der Waals surface area (Å²) in [5.74, 6) is 0.637. The molecule has 0 saturated heterocycles. The van der Waals surface area contributed by atoms with Crippen LogP contribution in [0.1, 0.15) is 25.5 Å². The van der Waals surface area contributed by atoms with Crippen molar-refractivity contribution in [1.29, 1.82) is 0 Å². The molecular weight excluding hydrogens is 198 g/mol. The van der Waals surface area contributed by atoms with Gasteiger partial charge in [-0.1, -0.05) is 13.8 Å². The fraction of sp³-hybridized carbons (Fsp3) is 0.600. The van der Waals surface area contributed by atoms with Gasteiger partial charge in [-0.15, -0.1) is 0 Å². The molecule has 84 valence electrons. The number of aliphatic carboxylic acids is 1. The quantitative estimate of drug-likeness (QED) is 0.802. The van der Waals surface area contributed by atoms with E-state index >= 15 is 0 Å². The highest BCUT2D eigenvalue weighted by molar-refractivity contribution is 5.68. The number of methoxy groups -OCH3 is 1. The predicted octanol–water partition coefficient (Wildman–Crippen LogP) is 1.51. The van der Waals surface area contributed by atoms with E-state index < -0.39 is 5.97 Å². The predicted molar refractivity (Wildman–Crippen MR) is 52.9 cm³/mol. The minimum Gasteiger partial charge on any atom is -0.481 e. The van der Waals surface area contributed by atoms with Crippen LogP contribution in [-0.4, -0.2) is 23.2 Å². The molecule has 0 unspecified atom stereocenters. The third-order valence-electron chi connectivity index (χ3n) is 1.80. The Morgan fingerprint density at radius 1 is 1.60 bits per heavy atom. The van der Waals surface area contributed by atoms with Gasteiger partial charge in [0.15, 0.2) is 5.76 Å². The van der Waals surface area contributed by atoms with Crippen LogP contribution in [0.5, 0.6) is 5.88 Å². The molecule has 0 fully saturated rings. The van der Waals surface area contributed by atoms with Crippen molar-refractivity contribution in [3.63, 3.8) is 0 Å². The van der Waals surface area contributed by atoms with Crippen molar-refractivity contribution in [1.82, 2.24) is 4.98 Å². The van der Waals surface area contributed by atoms with E-state index in [2.05, 4.69) is 4.98 Å². The Balaban J connectivity index is 2.84. The van der Waals surface area contributed by atoms with Crippen LogP contribution in [0, 0.1) is 5.92 Å². The number of carbonyl (C=O) groups is 1. The van der Waals surface area contributed by atoms with Gasteiger partial charge in [-0.25, -0.2) is 0 Å². The molecule has 1 rings (SSSR count). The first kappa shape index (κ1) is 11.6. The molecule has 15 heavy (non-hydrogen) atoms. The first-order valence-corrected chi connectivity index (χ1v) is 4.77. The van der Waals surface area contributed by atoms with Gasteiger partial charge >= 0.3 is 5.97 Å². The minimum absolute atomic E-state index is 0.190. The Labute approximate surface area is 88.1 Å². The molecule has 1 N–H and O–H groups in total. The summed E-state index contributed by atoms with van der Waals surface area (Å²) in [7, 11) is 1.49. The fourth-order valence-corrected chi connectivity index (χ4v) is 1.25. The standard InChI is InChI=1S/C10H15NO4/c1-6(2)4-7-10(14-3)11-8(15-7)5-9(12)13/h6H,4-5H2,1-3H3,(H,12,13). The van der Waals surface area contributed by atoms with Crippen molar-refractivity contribution in [3.8, 4) is 5.88 Å². The number of hydrogen-bond donors (Lipinski definition) is 1. The molecule has 0 aromatic carbocycles. The van der Waals surface area contributed by atoms with Crippen LogP contribution in [0.15, 0.2) is 4.42 Å². The number of hydrogen-bond acceptors (Lipinski definition) is 4. The van der Waals surface area contributed by atoms with Gasteiger partial charge in [-0.2, -0.15) is 4.98 Å². The van der Waals surface area contributed by atoms with Gasteiger partial charge in [0.1, 0.15) is 6.42 Å². The van der Waals surface area contributed by atoms with E-state index in [1.54, 1.807) is 0 Å². The van der Waals surface area contributed by atoms with Gasteiger partial charge in [-0.3, -0.25) is 4.79 Å². The van der Waals surface area contributed by atoms with Crippen molar-refractivity contribution >= 4 is 5.97 Å². The number of oxazole rings is 1. The number of ether oxygens (including phenoxy) is 1. The molecule has 0 spiro atoms. The van der Waals surface area contributed by atoms with Crippen molar-refractivity contribution in [3.05, 3.63) is 11.7 Å². The average molecular weight is 213 g/mol. The molecule has 0 aliphatic rings. The molecule has 5 nitrogen and oxygen atoms in total. The molecule has 0 radical (unpaired) electrons. The van der Waals surface area contributed by atoms with Crippen molar-refractivity contribution in [2.24, 2.45) is 5.92 Å². The summed E-state index contributed by atoms with van der Waals surface area (Å²) in [4.78, 5) is 14.4. The lowest BCUT2D eigenvalue weighted by Crippen LogP contribution is -1.99. The molecule has 0 bridgehead atoms. The Morgan fingerprint density at radius 3 is 2.73 bits per heavy atom. The number of nitrogens with zero attached hydrogens (tertiary/aromatic N) is 1. The third kappa shape index (κ3) is 3.27. The van der Waals surface area contributed by atoms with E-state index in [4.69, 9.17) is 14.3 Å². The van der Waals surface area contributed by atoms with Crippen molar-refractivity contribution < 1.29 is 19.1 Å². The van der Waals surface area contributed by atoms with Crippen LogP contribution < -0.4 is 4.74 Å². The van der Waals surface area contributed by atoms with Crippen LogP contribution in [0.3, 0.4) is 0 Å². The lowest BCUT2D eigenvalue weighted by atomic mass is 10.1. The zero-order valence-corrected chi connectivity index (χ0v) is 9.11. The normalized spacial score (nSPS) is 10.7. The molecule has 1 heterocycles. The Hall–Kier alpha value is -1.52. The summed E-state index contributed by atoms with van der Waals surface area (Å²) < 4.78 is 10.3. The van der Waals surface area contributed by atoms with Crippen molar-refractivity contribution in [2.45, 2.75) is 26.7 Å². The zero-order chi connectivity index (χ0) is 11.4. The molecule has 0 atom stereocenters. The Kier molecular flexibility index (Phi) is 3.71. The number of carboxylic acids is 1. The van der Waals surface area contributed by atoms with E-state index in [0.717, 1.165) is 0 Å². The molecule has 0 aliphatic heterocycles. The van der Waals surface area contributed by atoms with Crippen LogP contribution in [0.2, 0.25) is 0 Å². The molecule has 1 aromatic heterocycles. The van der Waals surface area contributed by atoms with Crippen LogP contribution in [0.4, 0.5) is 0 Å². The van der Waals surface area contributed by atoms with Crippen LogP contribution in [0.25, 0.3) is 0 Å². The molecule has 1 aromatic rings. The molecule has 0 amide bonds. The maximum atomic E-state index is 10.5. The van der Waals surface area contributed by atoms with Gasteiger partial charge in [0.05, 0.1) is 7.11 Å². The summed E-state index contributed by atoms with van der Waals surface area (Å²) in [6, 6.07) is 0. The number of carboxylic acid groups (broad SMARTS) is 1. The first-order valence-electron chi connectivity index (χ1n) is 4.77. The monoisotopic (exact) mass is 213 g/mol. The Morgan fingerprint density at radius 2 is 2.27 bits per heavy atom. The summed E-state index contributed by atoms with van der Waals surface area (Å²) in [5.41, 5.74) is 0. The summed E-state index contributed by atoms with van der Waals surface area (Å²) in [6.07, 6.45) is 0.476. The second-order valence-electron chi connectivity index (χ2n) is 3.71. The highest BCUT2D eigenvalue weighted by atomic mass is 16.5. The number of rotatable bonds is 5. The molecule has 5 heteroatoms. The van der Waals surface area contributed by atoms with E-state index in [0.29, 0.717) is 24.0 Å². The Bertz CT molecular complexity index is 343. The smallest absolute Gasteiger partial charge is 0.312 e. The lowest BCUT2D eigenvalue weighted by Gasteiger charge is -2.01. The molecular formula is C10H15NO4. The topological polar surface area (TPSA) is 72.6 Å². The van der Waals surface area contributed by atoms with E-state index in [1.807, 2.05) is 13.8 Å². The molecule has 0 aliphatic carbocycles. The van der Waals surface area contributed by atoms with E-state index in [1.165, 1.54) is 7.11 Å². The second-order valence-corrected chi connectivity index (χ2v) is 3.71. The largest absolute Gasteiger partial charge is 0.481 e. The highest BCUT2D eigenvalue weighted by Crippen LogP contribution is 2.22. The van der Waals surface area contributed by atoms with Gasteiger partial charge in [0, 0.05) is 6.42 Å². The summed E-state index contributed by atoms with van der Waals surface area (Å²) in [6.45, 7) is 4.08. The maximum absolute atomic E-state index is 10.5. The van der Waals surface area contributed by atoms with Gasteiger partial charge < -0.3 is 14.3 Å². The molecule has 0 saturated carbocycles. The average Bonchev–Trinajstić information content (AvgIpc) is 2.45. The SMILES string of the molecule is COc1nc(CC(=O)O)oc1CC(C)C. The fourth-order valence-electron chi connectivity index (χ4n) is 1.25. The van der Waals surface area contributed by atoms with Gasteiger partial charge in [-0.05, 0) is 5.92 Å². The second kappa shape index (κ2) is 4.82. The first-order chi connectivity index (χ1) is 7.02. The van der Waals surface area contributed by atoms with Crippen LogP contribution in [-0.2, 0) is 17.6 Å². The third-order valence-corrected chi connectivity index (χ3v) is 1.80. The van der Waals surface area contributed by atoms with E-state index in [-0.39, 0.29) is 12.3 Å². The van der Waals surface area contributed by atoms with E-state index in [9.17, 15) is 4.79 Å². The summed E-state index contributed by atoms with van der Waals surface area (Å²) >= 11 is 0. The van der Waals surface area contributed by atoms with Gasteiger partial charge in [0.25, 0.3) is 5.88 Å². The lowest BCUT2D eigenvalue weighted by molar-refractivity contribution is -0.136. The van der Waals surface area contributed by atoms with Gasteiger partial charge in [0.2, 0.25) is 5.89 Å². The minimum atomic E-state index is -0.963. The zero-order valence-electron chi connectivity index (χ0n) is 9.11. The number of aromatic nitrogens is 1. The highest BCUT2D eigenvalue weighted by Gasteiger charge is 2.16.